The van der Waals surface area contributed by atoms with Gasteiger partial charge in [-0.25, -0.2) is 4.79 Å². The minimum absolute atomic E-state index is 0.141. The molecular weight excluding hydrogens is 350 g/mol. The highest BCUT2D eigenvalue weighted by molar-refractivity contribution is 5.88. The Kier molecular flexibility index (Phi) is 3.97. The third-order valence-corrected chi connectivity index (χ3v) is 4.51. The van der Waals surface area contributed by atoms with Crippen LogP contribution in [0.4, 0.5) is 0 Å². The highest BCUT2D eigenvalue weighted by Gasteiger charge is 2.26. The summed E-state index contributed by atoms with van der Waals surface area (Å²) in [6.07, 6.45) is 1.85. The predicted molar refractivity (Wildman–Crippen MR) is 95.0 cm³/mol. The number of carboxylic acids is 1. The van der Waals surface area contributed by atoms with E-state index in [0.29, 0.717) is 28.1 Å². The zero-order chi connectivity index (χ0) is 19.1. The number of hydrogen-bond acceptors (Lipinski definition) is 6. The van der Waals surface area contributed by atoms with Crippen molar-refractivity contribution >= 4 is 5.97 Å². The van der Waals surface area contributed by atoms with Gasteiger partial charge in [0.05, 0.1) is 23.4 Å². The van der Waals surface area contributed by atoms with Gasteiger partial charge in [0.15, 0.2) is 5.75 Å². The number of fused-ring (bicyclic) bond motifs is 2. The molecule has 3 N–H and O–H groups in total. The molecule has 4 rings (SSSR count). The number of benzene rings is 1. The van der Waals surface area contributed by atoms with Crippen molar-refractivity contribution < 1.29 is 19.7 Å². The van der Waals surface area contributed by atoms with Gasteiger partial charge in [-0.15, -0.1) is 0 Å². The van der Waals surface area contributed by atoms with E-state index < -0.39 is 5.97 Å². The fraction of sp³-hybridized carbons (Fsp3) is 0.158. The van der Waals surface area contributed by atoms with E-state index in [0.717, 1.165) is 5.56 Å². The summed E-state index contributed by atoms with van der Waals surface area (Å²) in [7, 11) is 0. The molecule has 136 valence electrons. The average molecular weight is 365 g/mol. The molecule has 0 fully saturated rings. The van der Waals surface area contributed by atoms with Gasteiger partial charge < -0.3 is 19.9 Å². The van der Waals surface area contributed by atoms with Crippen LogP contribution >= 0.6 is 0 Å². The van der Waals surface area contributed by atoms with Crippen LogP contribution in [0.5, 0.6) is 11.6 Å². The summed E-state index contributed by atoms with van der Waals surface area (Å²) in [5.74, 6) is -0.0676. The molecule has 0 atom stereocenters. The van der Waals surface area contributed by atoms with Crippen molar-refractivity contribution in [2.45, 2.75) is 20.0 Å². The average Bonchev–Trinajstić information content (AvgIpc) is 2.67. The van der Waals surface area contributed by atoms with Gasteiger partial charge >= 0.3 is 5.97 Å². The predicted octanol–water partition coefficient (Wildman–Crippen LogP) is 2.03. The minimum atomic E-state index is -1.03. The topological polar surface area (TPSA) is 125 Å². The van der Waals surface area contributed by atoms with Crippen LogP contribution in [0.15, 0.2) is 35.3 Å². The quantitative estimate of drug-likeness (QED) is 0.507. The monoisotopic (exact) mass is 365 g/mol. The van der Waals surface area contributed by atoms with Crippen LogP contribution in [0.2, 0.25) is 0 Å². The second kappa shape index (κ2) is 6.33. The van der Waals surface area contributed by atoms with Crippen molar-refractivity contribution in [3.05, 3.63) is 68.8 Å². The second-order valence-electron chi connectivity index (χ2n) is 6.19. The first-order valence-corrected chi connectivity index (χ1v) is 8.21. The Hall–Kier alpha value is -3.52. The van der Waals surface area contributed by atoms with E-state index in [2.05, 4.69) is 15.0 Å². The highest BCUT2D eigenvalue weighted by atomic mass is 16.5. The zero-order valence-electron chi connectivity index (χ0n) is 14.3. The molecule has 0 radical (unpaired) electrons. The lowest BCUT2D eigenvalue weighted by atomic mass is 9.99. The normalized spacial score (nSPS) is 12.1. The molecule has 1 aromatic carbocycles. The van der Waals surface area contributed by atoms with E-state index in [4.69, 9.17) is 9.84 Å². The molecular formula is C19H15N3O5. The molecule has 0 unspecified atom stereocenters. The molecule has 8 nitrogen and oxygen atoms in total. The van der Waals surface area contributed by atoms with Gasteiger partial charge in [0.1, 0.15) is 5.82 Å². The van der Waals surface area contributed by atoms with Crippen LogP contribution < -0.4 is 10.3 Å². The van der Waals surface area contributed by atoms with Crippen LogP contribution in [0.25, 0.3) is 11.4 Å². The van der Waals surface area contributed by atoms with E-state index in [9.17, 15) is 14.7 Å². The van der Waals surface area contributed by atoms with Crippen LogP contribution in [0, 0.1) is 6.92 Å². The van der Waals surface area contributed by atoms with E-state index in [1.54, 1.807) is 25.3 Å². The highest BCUT2D eigenvalue weighted by Crippen LogP contribution is 2.37. The third-order valence-electron chi connectivity index (χ3n) is 4.51. The van der Waals surface area contributed by atoms with Crippen molar-refractivity contribution in [3.8, 4) is 23.0 Å². The molecule has 2 aromatic heterocycles. The molecule has 0 saturated heterocycles. The van der Waals surface area contributed by atoms with Gasteiger partial charge in [0, 0.05) is 29.3 Å². The molecule has 0 aliphatic carbocycles. The smallest absolute Gasteiger partial charge is 0.335 e. The van der Waals surface area contributed by atoms with Gasteiger partial charge in [-0.2, -0.15) is 4.98 Å². The Labute approximate surface area is 153 Å². The maximum Gasteiger partial charge on any atom is 0.335 e. The van der Waals surface area contributed by atoms with Crippen molar-refractivity contribution in [1.29, 1.82) is 0 Å². The SMILES string of the molecule is Cc1ncc(CO)c2c1Oc1nc(-c3ccc(C(=O)O)cc3)[nH]c(=O)c1C2. The van der Waals surface area contributed by atoms with Gasteiger partial charge in [0.2, 0.25) is 5.88 Å². The van der Waals surface area contributed by atoms with Crippen LogP contribution in [-0.4, -0.2) is 31.1 Å². The third kappa shape index (κ3) is 2.85. The fourth-order valence-corrected chi connectivity index (χ4v) is 3.04. The van der Waals surface area contributed by atoms with Crippen LogP contribution in [0.3, 0.4) is 0 Å². The number of carbonyl (C=O) groups is 1. The lowest BCUT2D eigenvalue weighted by Crippen LogP contribution is -2.21. The molecule has 3 aromatic rings. The molecule has 1 aliphatic heterocycles. The Morgan fingerprint density at radius 3 is 2.67 bits per heavy atom. The number of pyridine rings is 1. The number of aryl methyl sites for hydroxylation is 1. The number of nitrogens with zero attached hydrogens (tertiary/aromatic N) is 2. The number of aromatic carboxylic acids is 1. The maximum atomic E-state index is 12.6. The van der Waals surface area contributed by atoms with Crippen LogP contribution in [-0.2, 0) is 13.0 Å². The van der Waals surface area contributed by atoms with Crippen molar-refractivity contribution in [3.63, 3.8) is 0 Å². The summed E-state index contributed by atoms with van der Waals surface area (Å²) in [6, 6.07) is 6.02. The number of rotatable bonds is 3. The molecule has 27 heavy (non-hydrogen) atoms. The lowest BCUT2D eigenvalue weighted by molar-refractivity contribution is 0.0697. The van der Waals surface area contributed by atoms with Crippen molar-refractivity contribution in [1.82, 2.24) is 15.0 Å². The number of hydrogen-bond donors (Lipinski definition) is 3. The number of aromatic nitrogens is 3. The minimum Gasteiger partial charge on any atom is -0.478 e. The van der Waals surface area contributed by atoms with Gasteiger partial charge in [-0.1, -0.05) is 12.1 Å². The largest absolute Gasteiger partial charge is 0.478 e. The number of aromatic amines is 1. The Morgan fingerprint density at radius 1 is 1.26 bits per heavy atom. The van der Waals surface area contributed by atoms with Crippen LogP contribution in [0.1, 0.15) is 32.7 Å². The maximum absolute atomic E-state index is 12.6. The van der Waals surface area contributed by atoms with Gasteiger partial charge in [-0.05, 0) is 19.1 Å². The number of carboxylic acid groups (broad SMARTS) is 1. The Morgan fingerprint density at radius 2 is 2.00 bits per heavy atom. The number of nitrogens with one attached hydrogen (secondary N) is 1. The van der Waals surface area contributed by atoms with Gasteiger partial charge in [0.25, 0.3) is 5.56 Å². The number of ether oxygens (including phenoxy) is 1. The molecule has 0 amide bonds. The van der Waals surface area contributed by atoms with E-state index in [-0.39, 0.29) is 35.9 Å². The standard InChI is InChI=1S/C19H15N3O5/c1-9-15-13(12(8-23)7-20-9)6-14-17(24)21-16(22-18(14)27-15)10-2-4-11(5-3-10)19(25)26/h2-5,7,23H,6,8H2,1H3,(H,25,26)(H,21,22,24). The molecule has 0 bridgehead atoms. The summed E-state index contributed by atoms with van der Waals surface area (Å²) in [4.78, 5) is 34.9. The molecule has 3 heterocycles. The number of H-pyrrole nitrogens is 1. The Balaban J connectivity index is 1.79. The summed E-state index contributed by atoms with van der Waals surface area (Å²) in [6.45, 7) is 1.58. The number of aliphatic hydroxyl groups excluding tert-OH is 1. The van der Waals surface area contributed by atoms with Crippen molar-refractivity contribution in [2.24, 2.45) is 0 Å². The Bertz CT molecular complexity index is 1120. The molecule has 8 heteroatoms. The summed E-state index contributed by atoms with van der Waals surface area (Å²) in [5.41, 5.74) is 2.70. The first-order valence-electron chi connectivity index (χ1n) is 8.21. The summed E-state index contributed by atoms with van der Waals surface area (Å²) < 4.78 is 5.86. The lowest BCUT2D eigenvalue weighted by Gasteiger charge is -2.22. The zero-order valence-corrected chi connectivity index (χ0v) is 14.3. The van der Waals surface area contributed by atoms with Gasteiger partial charge in [-0.3, -0.25) is 9.78 Å². The summed E-state index contributed by atoms with van der Waals surface area (Å²) in [5, 5.41) is 18.5. The first-order chi connectivity index (χ1) is 13.0. The van der Waals surface area contributed by atoms with E-state index in [1.807, 2.05) is 0 Å². The molecule has 0 spiro atoms. The fourth-order valence-electron chi connectivity index (χ4n) is 3.04. The first kappa shape index (κ1) is 16.9. The molecule has 1 aliphatic rings. The number of aliphatic hydroxyl groups is 1. The van der Waals surface area contributed by atoms with Crippen molar-refractivity contribution in [2.75, 3.05) is 0 Å². The van der Waals surface area contributed by atoms with E-state index in [1.165, 1.54) is 12.1 Å². The van der Waals surface area contributed by atoms with E-state index >= 15 is 0 Å². The second-order valence-corrected chi connectivity index (χ2v) is 6.19. The summed E-state index contributed by atoms with van der Waals surface area (Å²) >= 11 is 0. The molecule has 0 saturated carbocycles.